The van der Waals surface area contributed by atoms with E-state index < -0.39 is 0 Å². The van der Waals surface area contributed by atoms with Crippen LogP contribution in [-0.4, -0.2) is 4.75 Å². The van der Waals surface area contributed by atoms with Gasteiger partial charge in [-0.1, -0.05) is 45.4 Å². The van der Waals surface area contributed by atoms with Crippen molar-refractivity contribution in [3.8, 4) is 11.5 Å². The Bertz CT molecular complexity index is 517. The zero-order valence-electron chi connectivity index (χ0n) is 12.4. The summed E-state index contributed by atoms with van der Waals surface area (Å²) in [6.07, 6.45) is 2.44. The summed E-state index contributed by atoms with van der Waals surface area (Å²) >= 11 is 1.93. The van der Waals surface area contributed by atoms with Gasteiger partial charge >= 0.3 is 0 Å². The highest BCUT2D eigenvalue weighted by Crippen LogP contribution is 2.36. The van der Waals surface area contributed by atoms with Crippen LogP contribution in [0.25, 0.3) is 0 Å². The highest BCUT2D eigenvalue weighted by Gasteiger charge is 2.17. The first-order valence-electron chi connectivity index (χ1n) is 7.11. The molecule has 0 aliphatic rings. The number of ether oxygens (including phenoxy) is 1. The van der Waals surface area contributed by atoms with Crippen LogP contribution in [0.5, 0.6) is 11.5 Å². The van der Waals surface area contributed by atoms with Crippen molar-refractivity contribution in [3.05, 3.63) is 54.6 Å². The van der Waals surface area contributed by atoms with E-state index in [0.717, 1.165) is 11.5 Å². The Morgan fingerprint density at radius 3 is 2.10 bits per heavy atom. The van der Waals surface area contributed by atoms with E-state index in [9.17, 15) is 0 Å². The van der Waals surface area contributed by atoms with Crippen molar-refractivity contribution < 1.29 is 4.74 Å². The van der Waals surface area contributed by atoms with E-state index in [1.807, 2.05) is 54.2 Å². The predicted octanol–water partition coefficient (Wildman–Crippen LogP) is 6.15. The van der Waals surface area contributed by atoms with E-state index in [0.29, 0.717) is 0 Å². The van der Waals surface area contributed by atoms with Gasteiger partial charge in [-0.3, -0.25) is 0 Å². The molecule has 0 unspecified atom stereocenters. The lowest BCUT2D eigenvalue weighted by Gasteiger charge is -2.23. The fourth-order valence-electron chi connectivity index (χ4n) is 2.17. The molecule has 2 heteroatoms. The zero-order valence-corrected chi connectivity index (χ0v) is 13.2. The van der Waals surface area contributed by atoms with E-state index in [4.69, 9.17) is 4.74 Å². The molecule has 0 heterocycles. The second kappa shape index (κ2) is 6.85. The number of benzene rings is 2. The Hall–Kier alpha value is -1.41. The molecule has 106 valence electrons. The number of rotatable bonds is 6. The lowest BCUT2D eigenvalue weighted by atomic mass is 10.1. The van der Waals surface area contributed by atoms with Gasteiger partial charge in [0.15, 0.2) is 0 Å². The lowest BCUT2D eigenvalue weighted by Crippen LogP contribution is -2.13. The normalized spacial score (nSPS) is 11.3. The van der Waals surface area contributed by atoms with Gasteiger partial charge in [0.1, 0.15) is 11.5 Å². The minimum atomic E-state index is 0.288. The second-order valence-electron chi connectivity index (χ2n) is 5.50. The molecule has 0 fully saturated rings. The maximum absolute atomic E-state index is 5.80. The first-order valence-corrected chi connectivity index (χ1v) is 7.93. The Labute approximate surface area is 126 Å². The third-order valence-corrected chi connectivity index (χ3v) is 4.31. The van der Waals surface area contributed by atoms with Gasteiger partial charge in [-0.15, -0.1) is 11.8 Å². The summed E-state index contributed by atoms with van der Waals surface area (Å²) in [5.74, 6) is 1.76. The van der Waals surface area contributed by atoms with Crippen LogP contribution in [0, 0.1) is 0 Å². The summed E-state index contributed by atoms with van der Waals surface area (Å²) in [6.45, 7) is 6.84. The van der Waals surface area contributed by atoms with E-state index >= 15 is 0 Å². The van der Waals surface area contributed by atoms with Gasteiger partial charge in [0.25, 0.3) is 0 Å². The van der Waals surface area contributed by atoms with Crippen molar-refractivity contribution in [1.29, 1.82) is 0 Å². The smallest absolute Gasteiger partial charge is 0.127 e. The standard InChI is InChI=1S/C18H22OS/c1-4-14-18(2,3)20-17-12-10-16(11-13-17)19-15-8-6-5-7-9-15/h5-13H,4,14H2,1-3H3. The summed E-state index contributed by atoms with van der Waals surface area (Å²) in [6, 6.07) is 18.2. The third-order valence-electron chi connectivity index (χ3n) is 3.05. The molecule has 20 heavy (non-hydrogen) atoms. The molecule has 0 radical (unpaired) electrons. The second-order valence-corrected chi connectivity index (χ2v) is 7.28. The Balaban J connectivity index is 2.00. The molecular formula is C18H22OS. The van der Waals surface area contributed by atoms with Crippen LogP contribution in [0.3, 0.4) is 0 Å². The Kier molecular flexibility index (Phi) is 5.13. The van der Waals surface area contributed by atoms with Gasteiger partial charge in [0, 0.05) is 9.64 Å². The number of hydrogen-bond acceptors (Lipinski definition) is 2. The summed E-state index contributed by atoms with van der Waals surface area (Å²) in [4.78, 5) is 1.30. The van der Waals surface area contributed by atoms with E-state index in [2.05, 4.69) is 32.9 Å². The summed E-state index contributed by atoms with van der Waals surface area (Å²) in [7, 11) is 0. The van der Waals surface area contributed by atoms with E-state index in [1.165, 1.54) is 17.7 Å². The molecule has 0 saturated carbocycles. The minimum Gasteiger partial charge on any atom is -0.457 e. The molecule has 0 aliphatic heterocycles. The highest BCUT2D eigenvalue weighted by molar-refractivity contribution is 8.00. The van der Waals surface area contributed by atoms with Gasteiger partial charge < -0.3 is 4.74 Å². The highest BCUT2D eigenvalue weighted by atomic mass is 32.2. The van der Waals surface area contributed by atoms with Gasteiger partial charge in [-0.2, -0.15) is 0 Å². The number of hydrogen-bond donors (Lipinski definition) is 0. The SMILES string of the molecule is CCCC(C)(C)Sc1ccc(Oc2ccccc2)cc1. The summed E-state index contributed by atoms with van der Waals surface area (Å²) in [5.41, 5.74) is 0. The number of para-hydroxylation sites is 1. The van der Waals surface area contributed by atoms with Gasteiger partial charge in [-0.05, 0) is 42.8 Å². The first-order chi connectivity index (χ1) is 9.59. The molecule has 2 rings (SSSR count). The average molecular weight is 286 g/mol. The molecule has 0 saturated heterocycles. The van der Waals surface area contributed by atoms with Crippen molar-refractivity contribution in [1.82, 2.24) is 0 Å². The molecular weight excluding hydrogens is 264 g/mol. The molecule has 0 bridgehead atoms. The van der Waals surface area contributed by atoms with Crippen LogP contribution in [0.15, 0.2) is 59.5 Å². The van der Waals surface area contributed by atoms with Crippen molar-refractivity contribution >= 4 is 11.8 Å². The van der Waals surface area contributed by atoms with E-state index in [-0.39, 0.29) is 4.75 Å². The van der Waals surface area contributed by atoms with Gasteiger partial charge in [0.2, 0.25) is 0 Å². The topological polar surface area (TPSA) is 9.23 Å². The molecule has 1 nitrogen and oxygen atoms in total. The van der Waals surface area contributed by atoms with E-state index in [1.54, 1.807) is 0 Å². The molecule has 2 aromatic carbocycles. The van der Waals surface area contributed by atoms with Crippen LogP contribution in [0.1, 0.15) is 33.6 Å². The third kappa shape index (κ3) is 4.61. The number of thioether (sulfide) groups is 1. The minimum absolute atomic E-state index is 0.288. The van der Waals surface area contributed by atoms with Crippen LogP contribution in [0.2, 0.25) is 0 Å². The maximum Gasteiger partial charge on any atom is 0.127 e. The van der Waals surface area contributed by atoms with Crippen molar-refractivity contribution in [2.24, 2.45) is 0 Å². The Morgan fingerprint density at radius 1 is 0.900 bits per heavy atom. The fraction of sp³-hybridized carbons (Fsp3) is 0.333. The molecule has 0 atom stereocenters. The Morgan fingerprint density at radius 2 is 1.50 bits per heavy atom. The molecule has 0 aliphatic carbocycles. The van der Waals surface area contributed by atoms with Gasteiger partial charge in [0.05, 0.1) is 0 Å². The quantitative estimate of drug-likeness (QED) is 0.589. The predicted molar refractivity (Wildman–Crippen MR) is 87.8 cm³/mol. The summed E-state index contributed by atoms with van der Waals surface area (Å²) in [5, 5.41) is 0. The van der Waals surface area contributed by atoms with Crippen LogP contribution >= 0.6 is 11.8 Å². The molecule has 2 aromatic rings. The van der Waals surface area contributed by atoms with Crippen molar-refractivity contribution in [2.75, 3.05) is 0 Å². The molecule has 0 aromatic heterocycles. The van der Waals surface area contributed by atoms with Crippen LogP contribution in [-0.2, 0) is 0 Å². The average Bonchev–Trinajstić information content (AvgIpc) is 2.42. The fourth-order valence-corrected chi connectivity index (χ4v) is 3.39. The summed E-state index contributed by atoms with van der Waals surface area (Å²) < 4.78 is 6.09. The van der Waals surface area contributed by atoms with Gasteiger partial charge in [-0.25, -0.2) is 0 Å². The zero-order chi connectivity index (χ0) is 14.4. The first kappa shape index (κ1) is 15.0. The monoisotopic (exact) mass is 286 g/mol. The van der Waals surface area contributed by atoms with Crippen molar-refractivity contribution in [3.63, 3.8) is 0 Å². The van der Waals surface area contributed by atoms with Crippen LogP contribution in [0.4, 0.5) is 0 Å². The maximum atomic E-state index is 5.80. The van der Waals surface area contributed by atoms with Crippen LogP contribution < -0.4 is 4.74 Å². The molecule has 0 N–H and O–H groups in total. The molecule has 0 spiro atoms. The van der Waals surface area contributed by atoms with Crippen molar-refractivity contribution in [2.45, 2.75) is 43.3 Å². The lowest BCUT2D eigenvalue weighted by molar-refractivity contribution is 0.482. The largest absolute Gasteiger partial charge is 0.457 e. The molecule has 0 amide bonds.